The molecule has 0 spiro atoms. The molecule has 5 rings (SSSR count). The first-order chi connectivity index (χ1) is 8.31. The van der Waals surface area contributed by atoms with Gasteiger partial charge in [0.05, 0.1) is 15.2 Å². The minimum Gasteiger partial charge on any atom is -0.316 e. The van der Waals surface area contributed by atoms with Crippen molar-refractivity contribution in [3.05, 3.63) is 28.3 Å². The van der Waals surface area contributed by atoms with Crippen LogP contribution in [0.4, 0.5) is 0 Å². The van der Waals surface area contributed by atoms with Crippen LogP contribution in [-0.4, -0.2) is 18.1 Å². The Morgan fingerprint density at radius 3 is 2.56 bits per heavy atom. The molecule has 4 heteroatoms. The fourth-order valence-electron chi connectivity index (χ4n) is 3.40. The molecule has 1 aromatic heterocycles. The zero-order valence-electron chi connectivity index (χ0n) is 10.4. The van der Waals surface area contributed by atoms with Gasteiger partial charge in [-0.05, 0) is 54.9 Å². The van der Waals surface area contributed by atoms with Crippen LogP contribution in [0.5, 0.6) is 0 Å². The molecule has 3 heterocycles. The second kappa shape index (κ2) is 4.48. The second-order valence-corrected chi connectivity index (χ2v) is 6.55. The number of benzene rings is 1. The first-order valence-electron chi connectivity index (χ1n) is 6.43. The highest BCUT2D eigenvalue weighted by atomic mass is 35.5. The zero-order valence-corrected chi connectivity index (χ0v) is 12.0. The van der Waals surface area contributed by atoms with Gasteiger partial charge >= 0.3 is 0 Å². The first-order valence-corrected chi connectivity index (χ1v) is 7.24. The maximum absolute atomic E-state index is 4.63. The molecule has 0 radical (unpaired) electrons. The molecule has 96 valence electrons. The van der Waals surface area contributed by atoms with Crippen LogP contribution in [0.2, 0.25) is 0 Å². The quantitative estimate of drug-likeness (QED) is 0.798. The van der Waals surface area contributed by atoms with Gasteiger partial charge in [0, 0.05) is 13.1 Å². The Morgan fingerprint density at radius 1 is 1.17 bits per heavy atom. The lowest BCUT2D eigenvalue weighted by atomic mass is 9.78. The van der Waals surface area contributed by atoms with E-state index in [1.54, 1.807) is 11.1 Å². The number of halogens is 1. The molecule has 2 atom stereocenters. The summed E-state index contributed by atoms with van der Waals surface area (Å²) in [7, 11) is 0. The highest BCUT2D eigenvalue weighted by molar-refractivity contribution is 7.18. The van der Waals surface area contributed by atoms with Crippen molar-refractivity contribution in [2.24, 2.45) is 0 Å². The predicted octanol–water partition coefficient (Wildman–Crippen LogP) is 3.59. The third-order valence-corrected chi connectivity index (χ3v) is 5.16. The van der Waals surface area contributed by atoms with Crippen molar-refractivity contribution in [1.82, 2.24) is 10.3 Å². The van der Waals surface area contributed by atoms with E-state index in [0.717, 1.165) is 24.9 Å². The molecule has 2 nitrogen and oxygen atoms in total. The van der Waals surface area contributed by atoms with Crippen molar-refractivity contribution < 1.29 is 0 Å². The molecule has 2 aromatic rings. The summed E-state index contributed by atoms with van der Waals surface area (Å²) < 4.78 is 1.37. The molecule has 1 aromatic carbocycles. The number of fused-ring (bicyclic) bond motifs is 4. The van der Waals surface area contributed by atoms with Crippen molar-refractivity contribution >= 4 is 34.0 Å². The van der Waals surface area contributed by atoms with Crippen molar-refractivity contribution in [3.8, 4) is 0 Å². The number of hydrogen-bond acceptors (Lipinski definition) is 3. The molecule has 2 aliphatic heterocycles. The maximum atomic E-state index is 4.63. The van der Waals surface area contributed by atoms with Gasteiger partial charge in [-0.2, -0.15) is 0 Å². The lowest BCUT2D eigenvalue weighted by Gasteiger charge is -2.26. The summed E-state index contributed by atoms with van der Waals surface area (Å²) in [6, 6.07) is 4.77. The molecule has 0 saturated carbocycles. The summed E-state index contributed by atoms with van der Waals surface area (Å²) in [4.78, 5) is 4.63. The molecule has 1 saturated heterocycles. The molecule has 2 bridgehead atoms. The Hall–Kier alpha value is -0.640. The largest absolute Gasteiger partial charge is 0.316 e. The third kappa shape index (κ3) is 1.77. The third-order valence-electron chi connectivity index (χ3n) is 4.22. The number of hydrogen-bond donors (Lipinski definition) is 1. The van der Waals surface area contributed by atoms with Crippen molar-refractivity contribution in [1.29, 1.82) is 0 Å². The molecule has 18 heavy (non-hydrogen) atoms. The van der Waals surface area contributed by atoms with Crippen LogP contribution in [-0.2, 0) is 0 Å². The SMILES string of the molecule is Cc1nc2cc3c(cc2s1)C1CCC3CNC1.Cl. The Balaban J connectivity index is 0.000001000. The topological polar surface area (TPSA) is 24.9 Å². The average Bonchev–Trinajstić information content (AvgIpc) is 2.52. The fourth-order valence-corrected chi connectivity index (χ4v) is 4.25. The van der Waals surface area contributed by atoms with Crippen LogP contribution >= 0.6 is 23.7 Å². The predicted molar refractivity (Wildman–Crippen MR) is 79.2 cm³/mol. The number of thiazole rings is 1. The van der Waals surface area contributed by atoms with Crippen molar-refractivity contribution in [2.75, 3.05) is 13.1 Å². The van der Waals surface area contributed by atoms with E-state index in [4.69, 9.17) is 0 Å². The van der Waals surface area contributed by atoms with Crippen LogP contribution < -0.4 is 5.32 Å². The molecule has 1 fully saturated rings. The number of rotatable bonds is 0. The Labute approximate surface area is 117 Å². The standard InChI is InChI=1S/C14H16N2S.ClH/c1-8-16-13-4-11-9-2-3-10(7-15-6-9)12(11)5-14(13)17-8;/h4-5,9-10,15H,2-3,6-7H2,1H3;1H. The van der Waals surface area contributed by atoms with Crippen LogP contribution in [0, 0.1) is 6.92 Å². The zero-order chi connectivity index (χ0) is 11.4. The van der Waals surface area contributed by atoms with Gasteiger partial charge in [0.2, 0.25) is 0 Å². The van der Waals surface area contributed by atoms with Crippen LogP contribution in [0.25, 0.3) is 10.2 Å². The van der Waals surface area contributed by atoms with E-state index in [9.17, 15) is 0 Å². The van der Waals surface area contributed by atoms with E-state index in [2.05, 4.69) is 29.4 Å². The van der Waals surface area contributed by atoms with Gasteiger partial charge in [0.25, 0.3) is 0 Å². The molecule has 0 amide bonds. The number of aryl methyl sites for hydroxylation is 1. The maximum Gasteiger partial charge on any atom is 0.0907 e. The van der Waals surface area contributed by atoms with E-state index < -0.39 is 0 Å². The monoisotopic (exact) mass is 280 g/mol. The highest BCUT2D eigenvalue weighted by Gasteiger charge is 2.30. The highest BCUT2D eigenvalue weighted by Crippen LogP contribution is 2.42. The van der Waals surface area contributed by atoms with Crippen LogP contribution in [0.1, 0.15) is 40.8 Å². The molecule has 1 aliphatic carbocycles. The molecular formula is C14H17ClN2S. The van der Waals surface area contributed by atoms with Crippen LogP contribution in [0.3, 0.4) is 0 Å². The van der Waals surface area contributed by atoms with Gasteiger partial charge in [-0.25, -0.2) is 4.98 Å². The summed E-state index contributed by atoms with van der Waals surface area (Å²) in [6.45, 7) is 4.41. The normalized spacial score (nSPS) is 25.6. The minimum atomic E-state index is 0. The fraction of sp³-hybridized carbons (Fsp3) is 0.500. The van der Waals surface area contributed by atoms with E-state index >= 15 is 0 Å². The first kappa shape index (κ1) is 12.4. The molecule has 2 unspecified atom stereocenters. The van der Waals surface area contributed by atoms with Gasteiger partial charge in [-0.1, -0.05) is 0 Å². The molecule has 3 aliphatic rings. The Kier molecular flexibility index (Phi) is 3.08. The van der Waals surface area contributed by atoms with E-state index in [1.807, 2.05) is 11.3 Å². The smallest absolute Gasteiger partial charge is 0.0907 e. The van der Waals surface area contributed by atoms with Gasteiger partial charge in [0.1, 0.15) is 0 Å². The van der Waals surface area contributed by atoms with Gasteiger partial charge < -0.3 is 5.32 Å². The van der Waals surface area contributed by atoms with Crippen LogP contribution in [0.15, 0.2) is 12.1 Å². The lowest BCUT2D eigenvalue weighted by molar-refractivity contribution is 0.550. The van der Waals surface area contributed by atoms with E-state index in [-0.39, 0.29) is 12.4 Å². The van der Waals surface area contributed by atoms with E-state index in [1.165, 1.54) is 28.1 Å². The second-order valence-electron chi connectivity index (χ2n) is 5.31. The van der Waals surface area contributed by atoms with Crippen molar-refractivity contribution in [3.63, 3.8) is 0 Å². The Morgan fingerprint density at radius 2 is 1.83 bits per heavy atom. The van der Waals surface area contributed by atoms with Gasteiger partial charge in [-0.15, -0.1) is 23.7 Å². The number of nitrogens with zero attached hydrogens (tertiary/aromatic N) is 1. The number of aromatic nitrogens is 1. The Bertz CT molecular complexity index is 540. The summed E-state index contributed by atoms with van der Waals surface area (Å²) in [5.41, 5.74) is 4.38. The number of nitrogens with one attached hydrogen (secondary N) is 1. The molecule has 1 N–H and O–H groups in total. The molecular weight excluding hydrogens is 264 g/mol. The van der Waals surface area contributed by atoms with Gasteiger partial charge in [0.15, 0.2) is 0 Å². The summed E-state index contributed by atoms with van der Waals surface area (Å²) in [5.74, 6) is 1.45. The minimum absolute atomic E-state index is 0. The van der Waals surface area contributed by atoms with E-state index in [0.29, 0.717) is 0 Å². The summed E-state index contributed by atoms with van der Waals surface area (Å²) in [5, 5.41) is 4.78. The average molecular weight is 281 g/mol. The van der Waals surface area contributed by atoms with Crippen molar-refractivity contribution in [2.45, 2.75) is 31.6 Å². The van der Waals surface area contributed by atoms with Gasteiger partial charge in [-0.3, -0.25) is 0 Å². The summed E-state index contributed by atoms with van der Waals surface area (Å²) >= 11 is 1.83. The lowest BCUT2D eigenvalue weighted by Crippen LogP contribution is -2.18. The summed E-state index contributed by atoms with van der Waals surface area (Å²) in [6.07, 6.45) is 2.70.